The minimum Gasteiger partial charge on any atom is -0.456 e. The summed E-state index contributed by atoms with van der Waals surface area (Å²) in [5.74, 6) is -0.374. The highest BCUT2D eigenvalue weighted by Crippen LogP contribution is 2.27. The number of hydrogen-bond acceptors (Lipinski definition) is 4. The summed E-state index contributed by atoms with van der Waals surface area (Å²) in [5.41, 5.74) is -0.0557. The average molecular weight is 331 g/mol. The molecule has 1 aromatic rings. The molecule has 0 bridgehead atoms. The lowest BCUT2D eigenvalue weighted by atomic mass is 10.1. The lowest BCUT2D eigenvalue weighted by molar-refractivity contribution is 0.00416. The van der Waals surface area contributed by atoms with E-state index in [1.165, 1.54) is 0 Å². The first kappa shape index (κ1) is 18.0. The number of ether oxygens (including phenoxy) is 2. The molecular weight excluding hydrogens is 306 g/mol. The van der Waals surface area contributed by atoms with E-state index >= 15 is 0 Å². The Hall–Kier alpha value is -2.30. The van der Waals surface area contributed by atoms with Gasteiger partial charge in [-0.25, -0.2) is 9.59 Å². The van der Waals surface area contributed by atoms with Gasteiger partial charge in [-0.2, -0.15) is 0 Å². The van der Waals surface area contributed by atoms with E-state index < -0.39 is 5.60 Å². The number of hydrogen-bond donors (Lipinski definition) is 0. The Kier molecular flexibility index (Phi) is 5.65. The van der Waals surface area contributed by atoms with Crippen molar-refractivity contribution in [1.29, 1.82) is 0 Å². The fourth-order valence-corrected chi connectivity index (χ4v) is 2.74. The Balaban J connectivity index is 2.07. The van der Waals surface area contributed by atoms with E-state index in [9.17, 15) is 9.59 Å². The monoisotopic (exact) mass is 331 g/mol. The van der Waals surface area contributed by atoms with E-state index in [2.05, 4.69) is 6.58 Å². The molecule has 1 fully saturated rings. The number of carbonyl (C=O) groups excluding carboxylic acids is 2. The molecule has 0 aliphatic carbocycles. The second-order valence-electron chi connectivity index (χ2n) is 6.86. The SMILES string of the molecule is C=CC[C@@H]1[C@H](OC(=O)c2ccccc2)CCN1C(=O)OC(C)(C)C. The Morgan fingerprint density at radius 1 is 1.29 bits per heavy atom. The molecule has 0 radical (unpaired) electrons. The molecule has 1 aliphatic heterocycles. The molecule has 5 heteroatoms. The lowest BCUT2D eigenvalue weighted by Crippen LogP contribution is -2.43. The Morgan fingerprint density at radius 3 is 2.54 bits per heavy atom. The molecule has 0 saturated carbocycles. The summed E-state index contributed by atoms with van der Waals surface area (Å²) in [6.45, 7) is 9.73. The lowest BCUT2D eigenvalue weighted by Gasteiger charge is -2.29. The summed E-state index contributed by atoms with van der Waals surface area (Å²) in [5, 5.41) is 0. The minimum atomic E-state index is -0.561. The second-order valence-corrected chi connectivity index (χ2v) is 6.86. The molecule has 24 heavy (non-hydrogen) atoms. The summed E-state index contributed by atoms with van der Waals surface area (Å²) >= 11 is 0. The van der Waals surface area contributed by atoms with Crippen LogP contribution in [0.3, 0.4) is 0 Å². The predicted molar refractivity (Wildman–Crippen MR) is 91.8 cm³/mol. The molecule has 1 aliphatic rings. The molecular formula is C19H25NO4. The van der Waals surface area contributed by atoms with Gasteiger partial charge in [0.25, 0.3) is 0 Å². The van der Waals surface area contributed by atoms with Gasteiger partial charge in [0.05, 0.1) is 11.6 Å². The van der Waals surface area contributed by atoms with Gasteiger partial charge in [0.1, 0.15) is 11.7 Å². The summed E-state index contributed by atoms with van der Waals surface area (Å²) in [6, 6.07) is 8.61. The van der Waals surface area contributed by atoms with Crippen LogP contribution >= 0.6 is 0 Å². The smallest absolute Gasteiger partial charge is 0.410 e. The van der Waals surface area contributed by atoms with Gasteiger partial charge in [-0.3, -0.25) is 0 Å². The van der Waals surface area contributed by atoms with Crippen LogP contribution < -0.4 is 0 Å². The van der Waals surface area contributed by atoms with Crippen LogP contribution in [0.15, 0.2) is 43.0 Å². The number of amides is 1. The third kappa shape index (κ3) is 4.60. The molecule has 5 nitrogen and oxygen atoms in total. The predicted octanol–water partition coefficient (Wildman–Crippen LogP) is 3.80. The molecule has 0 spiro atoms. The van der Waals surface area contributed by atoms with Gasteiger partial charge in [0, 0.05) is 13.0 Å². The number of rotatable bonds is 4. The maximum atomic E-state index is 12.4. The van der Waals surface area contributed by atoms with Crippen molar-refractivity contribution in [3.63, 3.8) is 0 Å². The molecule has 1 amide bonds. The van der Waals surface area contributed by atoms with Crippen molar-refractivity contribution in [2.75, 3.05) is 6.54 Å². The molecule has 2 atom stereocenters. The van der Waals surface area contributed by atoms with E-state index in [1.54, 1.807) is 35.2 Å². The van der Waals surface area contributed by atoms with Crippen LogP contribution in [0, 0.1) is 0 Å². The third-order valence-corrected chi connectivity index (χ3v) is 3.79. The Bertz CT molecular complexity index is 591. The highest BCUT2D eigenvalue weighted by molar-refractivity contribution is 5.89. The number of nitrogens with zero attached hydrogens (tertiary/aromatic N) is 1. The van der Waals surface area contributed by atoms with Crippen molar-refractivity contribution in [2.45, 2.75) is 51.4 Å². The topological polar surface area (TPSA) is 55.8 Å². The maximum Gasteiger partial charge on any atom is 0.410 e. The van der Waals surface area contributed by atoms with Crippen molar-refractivity contribution in [1.82, 2.24) is 4.90 Å². The van der Waals surface area contributed by atoms with Crippen molar-refractivity contribution < 1.29 is 19.1 Å². The first-order valence-electron chi connectivity index (χ1n) is 8.18. The highest BCUT2D eigenvalue weighted by Gasteiger charge is 2.40. The minimum absolute atomic E-state index is 0.245. The molecule has 1 aromatic carbocycles. The van der Waals surface area contributed by atoms with E-state index in [4.69, 9.17) is 9.47 Å². The molecule has 0 unspecified atom stereocenters. The zero-order valence-electron chi connectivity index (χ0n) is 14.5. The van der Waals surface area contributed by atoms with Crippen molar-refractivity contribution >= 4 is 12.1 Å². The Morgan fingerprint density at radius 2 is 1.96 bits per heavy atom. The Labute approximate surface area is 143 Å². The van der Waals surface area contributed by atoms with Gasteiger partial charge in [-0.15, -0.1) is 6.58 Å². The van der Waals surface area contributed by atoms with Crippen LogP contribution in [0.25, 0.3) is 0 Å². The first-order valence-corrected chi connectivity index (χ1v) is 8.18. The number of esters is 1. The van der Waals surface area contributed by atoms with E-state index in [-0.39, 0.29) is 24.2 Å². The summed E-state index contributed by atoms with van der Waals surface area (Å²) in [7, 11) is 0. The summed E-state index contributed by atoms with van der Waals surface area (Å²) in [6.07, 6.45) is 2.13. The number of benzene rings is 1. The van der Waals surface area contributed by atoms with Crippen LogP contribution in [0.2, 0.25) is 0 Å². The van der Waals surface area contributed by atoms with Crippen LogP contribution in [0.5, 0.6) is 0 Å². The fourth-order valence-electron chi connectivity index (χ4n) is 2.74. The van der Waals surface area contributed by atoms with Gasteiger partial charge in [0.2, 0.25) is 0 Å². The number of likely N-dealkylation sites (tertiary alicyclic amines) is 1. The molecule has 130 valence electrons. The van der Waals surface area contributed by atoms with Gasteiger partial charge in [0.15, 0.2) is 0 Å². The highest BCUT2D eigenvalue weighted by atomic mass is 16.6. The van der Waals surface area contributed by atoms with Crippen LogP contribution in [-0.2, 0) is 9.47 Å². The van der Waals surface area contributed by atoms with Gasteiger partial charge >= 0.3 is 12.1 Å². The zero-order valence-corrected chi connectivity index (χ0v) is 14.5. The fraction of sp³-hybridized carbons (Fsp3) is 0.474. The standard InChI is InChI=1S/C19H25NO4/c1-5-9-15-16(23-17(21)14-10-7-6-8-11-14)12-13-20(15)18(22)24-19(2,3)4/h5-8,10-11,15-16H,1,9,12-13H2,2-4H3/t15-,16-/m1/s1. The van der Waals surface area contributed by atoms with Crippen molar-refractivity contribution in [2.24, 2.45) is 0 Å². The average Bonchev–Trinajstić information content (AvgIpc) is 2.90. The summed E-state index contributed by atoms with van der Waals surface area (Å²) < 4.78 is 11.1. The molecule has 2 rings (SSSR count). The maximum absolute atomic E-state index is 12.4. The van der Waals surface area contributed by atoms with Crippen LogP contribution in [0.1, 0.15) is 44.0 Å². The van der Waals surface area contributed by atoms with E-state index in [1.807, 2.05) is 26.8 Å². The van der Waals surface area contributed by atoms with Crippen molar-refractivity contribution in [3.8, 4) is 0 Å². The third-order valence-electron chi connectivity index (χ3n) is 3.79. The largest absolute Gasteiger partial charge is 0.456 e. The summed E-state index contributed by atoms with van der Waals surface area (Å²) in [4.78, 5) is 26.3. The molecule has 0 N–H and O–H groups in total. The van der Waals surface area contributed by atoms with E-state index in [0.29, 0.717) is 24.9 Å². The van der Waals surface area contributed by atoms with Gasteiger partial charge < -0.3 is 14.4 Å². The van der Waals surface area contributed by atoms with Crippen LogP contribution in [0.4, 0.5) is 4.79 Å². The van der Waals surface area contributed by atoms with Gasteiger partial charge in [-0.05, 0) is 39.3 Å². The molecule has 1 heterocycles. The normalized spacial score (nSPS) is 20.5. The van der Waals surface area contributed by atoms with Crippen LogP contribution in [-0.4, -0.2) is 41.3 Å². The molecule has 1 saturated heterocycles. The first-order chi connectivity index (χ1) is 11.3. The second kappa shape index (κ2) is 7.51. The quantitative estimate of drug-likeness (QED) is 0.622. The van der Waals surface area contributed by atoms with E-state index in [0.717, 1.165) is 0 Å². The molecule has 0 aromatic heterocycles. The van der Waals surface area contributed by atoms with Gasteiger partial charge in [-0.1, -0.05) is 24.3 Å². The van der Waals surface area contributed by atoms with Crippen molar-refractivity contribution in [3.05, 3.63) is 48.6 Å². The zero-order chi connectivity index (χ0) is 17.7. The number of carbonyl (C=O) groups is 2.